The van der Waals surface area contributed by atoms with Crippen molar-refractivity contribution in [2.24, 2.45) is 0 Å². The number of likely N-dealkylation sites (N-methyl/N-ethyl adjacent to an activating group) is 2. The lowest BCUT2D eigenvalue weighted by Gasteiger charge is -2.39. The third-order valence-electron chi connectivity index (χ3n) is 10.4. The quantitative estimate of drug-likeness (QED) is 0.102. The fraction of sp³-hybridized carbons (Fsp3) is 0.487. The third-order valence-corrected chi connectivity index (χ3v) is 10.4. The predicted molar refractivity (Wildman–Crippen MR) is 194 cm³/mol. The van der Waals surface area contributed by atoms with Crippen LogP contribution in [-0.2, 0) is 9.53 Å². The van der Waals surface area contributed by atoms with E-state index in [0.29, 0.717) is 22.9 Å². The molecule has 0 spiro atoms. The second-order valence-corrected chi connectivity index (χ2v) is 14.5. The van der Waals surface area contributed by atoms with Crippen LogP contribution in [0.5, 0.6) is 23.4 Å². The highest BCUT2D eigenvalue weighted by atomic mass is 19.1. The fourth-order valence-electron chi connectivity index (χ4n) is 7.38. The van der Waals surface area contributed by atoms with Gasteiger partial charge in [-0.05, 0) is 70.3 Å². The summed E-state index contributed by atoms with van der Waals surface area (Å²) < 4.78 is 59.1. The number of amides is 1. The molecule has 1 aliphatic carbocycles. The molecule has 0 radical (unpaired) electrons. The van der Waals surface area contributed by atoms with Crippen molar-refractivity contribution in [2.45, 2.75) is 82.3 Å². The van der Waals surface area contributed by atoms with Crippen LogP contribution in [0.1, 0.15) is 70.1 Å². The van der Waals surface area contributed by atoms with Crippen LogP contribution in [-0.4, -0.2) is 95.6 Å². The second-order valence-electron chi connectivity index (χ2n) is 14.5. The number of aromatic nitrogens is 2. The molecule has 1 saturated carbocycles. The SMILES string of the molecule is C#Cc1c(F)ccc2cc(OC(=O)OC(C)C)cc(C3COc4c(NCC5(N(C)C(=O)C=C)CCCC5)nc(OC[C@]5(C)C[C@@H](F)CN5C)nc4O3)c12. The first-order chi connectivity index (χ1) is 25.3. The molecule has 3 heterocycles. The molecule has 53 heavy (non-hydrogen) atoms. The van der Waals surface area contributed by atoms with Gasteiger partial charge in [-0.15, -0.1) is 6.42 Å². The van der Waals surface area contributed by atoms with E-state index >= 15 is 4.39 Å². The maximum Gasteiger partial charge on any atom is 0.514 e. The van der Waals surface area contributed by atoms with E-state index in [9.17, 15) is 14.0 Å². The number of ether oxygens (including phenoxy) is 5. The summed E-state index contributed by atoms with van der Waals surface area (Å²) in [4.78, 5) is 38.1. The van der Waals surface area contributed by atoms with E-state index in [1.54, 1.807) is 31.9 Å². The molecule has 2 aromatic carbocycles. The van der Waals surface area contributed by atoms with Gasteiger partial charge in [-0.1, -0.05) is 31.4 Å². The number of hydrogen-bond acceptors (Lipinski definition) is 11. The van der Waals surface area contributed by atoms with Crippen LogP contribution in [0, 0.1) is 18.2 Å². The number of likely N-dealkylation sites (tertiary alicyclic amines) is 1. The number of anilines is 1. The standard InChI is InChI=1S/C39H45F2N5O7/c1-8-27-29(41)13-12-24-16-26(52-37(48)51-23(3)4)17-28(32(24)27)30-20-49-33-34(42-21-39(14-10-11-15-39)46(7)31(47)9-2)43-36(44-35(33)53-30)50-22-38(5)18-25(40)19-45(38)6/h1,9,12-13,16-17,23,25,30H,2,10-11,14-15,18-22H2,3-7H3,(H,42,43,44)/t25-,30?,38+/m1/s1. The Bertz CT molecular complexity index is 1950. The number of alkyl halides is 1. The molecule has 1 unspecified atom stereocenters. The normalized spacial score (nSPS) is 21.9. The van der Waals surface area contributed by atoms with Crippen molar-refractivity contribution in [1.82, 2.24) is 19.8 Å². The summed E-state index contributed by atoms with van der Waals surface area (Å²) in [6.07, 6.45) is 7.55. The zero-order chi connectivity index (χ0) is 38.1. The first-order valence-electron chi connectivity index (χ1n) is 17.7. The monoisotopic (exact) mass is 733 g/mol. The minimum Gasteiger partial charge on any atom is -0.481 e. The van der Waals surface area contributed by atoms with Crippen LogP contribution in [0.15, 0.2) is 36.9 Å². The number of terminal acetylenes is 1. The van der Waals surface area contributed by atoms with Gasteiger partial charge in [0, 0.05) is 37.5 Å². The van der Waals surface area contributed by atoms with E-state index in [2.05, 4.69) is 27.8 Å². The maximum absolute atomic E-state index is 15.1. The Hall–Kier alpha value is -5.16. The Morgan fingerprint density at radius 3 is 2.68 bits per heavy atom. The summed E-state index contributed by atoms with van der Waals surface area (Å²) in [7, 11) is 3.60. The highest BCUT2D eigenvalue weighted by Crippen LogP contribution is 2.44. The Balaban J connectivity index is 1.38. The Morgan fingerprint density at radius 2 is 2.02 bits per heavy atom. The van der Waals surface area contributed by atoms with E-state index in [1.165, 1.54) is 24.3 Å². The van der Waals surface area contributed by atoms with Crippen molar-refractivity contribution >= 4 is 28.7 Å². The molecule has 1 saturated heterocycles. The van der Waals surface area contributed by atoms with Crippen molar-refractivity contribution in [3.8, 4) is 35.7 Å². The molecule has 2 aliphatic heterocycles. The first kappa shape index (κ1) is 37.6. The molecule has 3 aliphatic rings. The Labute approximate surface area is 307 Å². The molecule has 1 N–H and O–H groups in total. The fourth-order valence-corrected chi connectivity index (χ4v) is 7.38. The van der Waals surface area contributed by atoms with Gasteiger partial charge < -0.3 is 33.9 Å². The smallest absolute Gasteiger partial charge is 0.481 e. The predicted octanol–water partition coefficient (Wildman–Crippen LogP) is 6.37. The summed E-state index contributed by atoms with van der Waals surface area (Å²) in [5.74, 6) is 2.26. The Kier molecular flexibility index (Phi) is 10.7. The van der Waals surface area contributed by atoms with E-state index in [-0.39, 0.29) is 66.9 Å². The number of halogens is 2. The molecule has 2 fully saturated rings. The van der Waals surface area contributed by atoms with Crippen LogP contribution < -0.4 is 24.3 Å². The molecular formula is C39H45F2N5O7. The summed E-state index contributed by atoms with van der Waals surface area (Å²) in [5.41, 5.74) is -0.742. The number of hydrogen-bond donors (Lipinski definition) is 1. The number of benzene rings is 2. The van der Waals surface area contributed by atoms with Gasteiger partial charge in [0.15, 0.2) is 11.9 Å². The van der Waals surface area contributed by atoms with Gasteiger partial charge in [-0.2, -0.15) is 9.97 Å². The van der Waals surface area contributed by atoms with Crippen LogP contribution in [0.25, 0.3) is 10.8 Å². The van der Waals surface area contributed by atoms with Gasteiger partial charge in [0.2, 0.25) is 11.7 Å². The third kappa shape index (κ3) is 7.67. The van der Waals surface area contributed by atoms with Crippen LogP contribution in [0.4, 0.5) is 19.4 Å². The number of fused-ring (bicyclic) bond motifs is 2. The summed E-state index contributed by atoms with van der Waals surface area (Å²) in [6.45, 7) is 9.59. The van der Waals surface area contributed by atoms with Crippen molar-refractivity contribution < 1.29 is 42.1 Å². The van der Waals surface area contributed by atoms with E-state index in [0.717, 1.165) is 25.7 Å². The van der Waals surface area contributed by atoms with Crippen molar-refractivity contribution in [2.75, 3.05) is 45.7 Å². The number of rotatable bonds is 11. The molecule has 1 aromatic heterocycles. The zero-order valence-corrected chi connectivity index (χ0v) is 30.7. The maximum atomic E-state index is 15.1. The van der Waals surface area contributed by atoms with Gasteiger partial charge in [0.05, 0.1) is 22.7 Å². The van der Waals surface area contributed by atoms with Gasteiger partial charge in [-0.3, -0.25) is 9.69 Å². The number of carbonyl (C=O) groups is 2. The van der Waals surface area contributed by atoms with Crippen LogP contribution >= 0.6 is 0 Å². The minimum absolute atomic E-state index is 0.00239. The second kappa shape index (κ2) is 15.1. The average Bonchev–Trinajstić information content (AvgIpc) is 3.71. The van der Waals surface area contributed by atoms with Gasteiger partial charge in [-0.25, -0.2) is 13.6 Å². The molecular weight excluding hydrogens is 688 g/mol. The van der Waals surface area contributed by atoms with Crippen LogP contribution in [0.3, 0.4) is 0 Å². The first-order valence-corrected chi connectivity index (χ1v) is 17.7. The van der Waals surface area contributed by atoms with E-state index < -0.39 is 41.4 Å². The molecule has 282 valence electrons. The van der Waals surface area contributed by atoms with Crippen molar-refractivity contribution in [3.05, 3.63) is 53.9 Å². The average molecular weight is 734 g/mol. The lowest BCUT2D eigenvalue weighted by molar-refractivity contribution is -0.129. The lowest BCUT2D eigenvalue weighted by atomic mass is 9.95. The van der Waals surface area contributed by atoms with E-state index in [1.807, 2.05) is 18.9 Å². The lowest BCUT2D eigenvalue weighted by Crippen LogP contribution is -2.51. The number of nitrogens with zero attached hydrogens (tertiary/aromatic N) is 4. The molecule has 1 amide bonds. The van der Waals surface area contributed by atoms with Crippen molar-refractivity contribution in [3.63, 3.8) is 0 Å². The highest BCUT2D eigenvalue weighted by Gasteiger charge is 2.42. The minimum atomic E-state index is -0.995. The summed E-state index contributed by atoms with van der Waals surface area (Å²) >= 11 is 0. The summed E-state index contributed by atoms with van der Waals surface area (Å²) in [6, 6.07) is 5.81. The molecule has 3 aromatic rings. The van der Waals surface area contributed by atoms with Gasteiger partial charge in [0.25, 0.3) is 5.88 Å². The van der Waals surface area contributed by atoms with Crippen molar-refractivity contribution in [1.29, 1.82) is 0 Å². The largest absolute Gasteiger partial charge is 0.514 e. The van der Waals surface area contributed by atoms with Gasteiger partial charge >= 0.3 is 12.2 Å². The number of nitrogens with one attached hydrogen (secondary N) is 1. The molecule has 0 bridgehead atoms. The summed E-state index contributed by atoms with van der Waals surface area (Å²) in [5, 5.41) is 4.25. The Morgan fingerprint density at radius 1 is 1.26 bits per heavy atom. The molecule has 6 rings (SSSR count). The topological polar surface area (TPSA) is 125 Å². The highest BCUT2D eigenvalue weighted by molar-refractivity contribution is 5.93. The molecule has 14 heteroatoms. The number of carbonyl (C=O) groups excluding carboxylic acids is 2. The molecule has 12 nitrogen and oxygen atoms in total. The van der Waals surface area contributed by atoms with Gasteiger partial charge in [0.1, 0.15) is 31.0 Å². The zero-order valence-electron chi connectivity index (χ0n) is 30.7. The molecule has 3 atom stereocenters. The van der Waals surface area contributed by atoms with Crippen LogP contribution in [0.2, 0.25) is 0 Å². The van der Waals surface area contributed by atoms with E-state index in [4.69, 9.17) is 30.1 Å².